The van der Waals surface area contributed by atoms with E-state index >= 15 is 0 Å². The van der Waals surface area contributed by atoms with E-state index in [1.807, 2.05) is 0 Å². The first-order valence-electron chi connectivity index (χ1n) is 6.63. The van der Waals surface area contributed by atoms with Crippen LogP contribution in [0.15, 0.2) is 50.4 Å². The van der Waals surface area contributed by atoms with Crippen LogP contribution in [0.2, 0.25) is 5.02 Å². The maximum absolute atomic E-state index is 12.6. The van der Waals surface area contributed by atoms with E-state index in [1.165, 1.54) is 32.4 Å². The lowest BCUT2D eigenvalue weighted by atomic mass is 10.2. The summed E-state index contributed by atoms with van der Waals surface area (Å²) in [5, 5.41) is 0.592. The van der Waals surface area contributed by atoms with E-state index < -0.39 is 11.3 Å². The zero-order valence-electron chi connectivity index (χ0n) is 12.3. The van der Waals surface area contributed by atoms with Crippen LogP contribution in [0.25, 0.3) is 16.7 Å². The van der Waals surface area contributed by atoms with Crippen LogP contribution in [-0.4, -0.2) is 18.8 Å². The van der Waals surface area contributed by atoms with Gasteiger partial charge in [-0.2, -0.15) is 0 Å². The SMILES string of the molecule is COc1ccc(-n2c(=O)oc3ccc(Cl)cc3c2=O)cc1OC. The first-order valence-corrected chi connectivity index (χ1v) is 7.01. The fourth-order valence-corrected chi connectivity index (χ4v) is 2.46. The average Bonchev–Trinajstić information content (AvgIpc) is 2.55. The van der Waals surface area contributed by atoms with E-state index in [2.05, 4.69) is 0 Å². The van der Waals surface area contributed by atoms with Crippen LogP contribution in [0.1, 0.15) is 0 Å². The van der Waals surface area contributed by atoms with Crippen LogP contribution in [-0.2, 0) is 0 Å². The van der Waals surface area contributed by atoms with Gasteiger partial charge in [0.15, 0.2) is 11.5 Å². The van der Waals surface area contributed by atoms with Gasteiger partial charge in [0.1, 0.15) is 5.58 Å². The van der Waals surface area contributed by atoms with Crippen LogP contribution < -0.4 is 20.8 Å². The molecule has 0 amide bonds. The highest BCUT2D eigenvalue weighted by Crippen LogP contribution is 2.28. The Hall–Kier alpha value is -2.73. The summed E-state index contributed by atoms with van der Waals surface area (Å²) in [6, 6.07) is 9.18. The summed E-state index contributed by atoms with van der Waals surface area (Å²) in [7, 11) is 2.96. The van der Waals surface area contributed by atoms with E-state index in [-0.39, 0.29) is 11.0 Å². The zero-order chi connectivity index (χ0) is 16.6. The molecule has 0 atom stereocenters. The first kappa shape index (κ1) is 15.2. The summed E-state index contributed by atoms with van der Waals surface area (Å²) in [5.74, 6) is 0.0806. The predicted molar refractivity (Wildman–Crippen MR) is 86.2 cm³/mol. The quantitative estimate of drug-likeness (QED) is 0.737. The number of halogens is 1. The second-order valence-electron chi connectivity index (χ2n) is 4.69. The maximum atomic E-state index is 12.6. The minimum absolute atomic E-state index is 0.182. The van der Waals surface area contributed by atoms with Crippen LogP contribution in [0.5, 0.6) is 11.5 Å². The molecule has 2 aromatic carbocycles. The molecule has 1 heterocycles. The van der Waals surface area contributed by atoms with Crippen LogP contribution in [0.3, 0.4) is 0 Å². The van der Waals surface area contributed by atoms with Crippen molar-refractivity contribution >= 4 is 22.6 Å². The number of hydrogen-bond acceptors (Lipinski definition) is 5. The smallest absolute Gasteiger partial charge is 0.426 e. The fraction of sp³-hybridized carbons (Fsp3) is 0.125. The van der Waals surface area contributed by atoms with Crippen molar-refractivity contribution in [3.05, 3.63) is 62.3 Å². The summed E-state index contributed by atoms with van der Waals surface area (Å²) in [4.78, 5) is 24.8. The molecule has 0 fully saturated rings. The van der Waals surface area contributed by atoms with Gasteiger partial charge in [-0.1, -0.05) is 11.6 Å². The fourth-order valence-electron chi connectivity index (χ4n) is 2.29. The zero-order valence-corrected chi connectivity index (χ0v) is 13.1. The Bertz CT molecular complexity index is 1010. The highest BCUT2D eigenvalue weighted by atomic mass is 35.5. The third-order valence-corrected chi connectivity index (χ3v) is 3.62. The molecule has 3 rings (SSSR count). The number of benzene rings is 2. The lowest BCUT2D eigenvalue weighted by Gasteiger charge is -2.10. The molecule has 23 heavy (non-hydrogen) atoms. The molecule has 0 aliphatic heterocycles. The molecule has 0 aliphatic rings. The Kier molecular flexibility index (Phi) is 3.83. The second kappa shape index (κ2) is 5.81. The number of methoxy groups -OCH3 is 2. The molecule has 0 unspecified atom stereocenters. The van der Waals surface area contributed by atoms with Gasteiger partial charge in [-0.25, -0.2) is 9.36 Å². The Balaban J connectivity index is 2.32. The lowest BCUT2D eigenvalue weighted by molar-refractivity contribution is 0.354. The van der Waals surface area contributed by atoms with Gasteiger partial charge < -0.3 is 13.9 Å². The molecule has 0 saturated heterocycles. The molecule has 3 aromatic rings. The van der Waals surface area contributed by atoms with E-state index in [0.29, 0.717) is 22.2 Å². The summed E-state index contributed by atoms with van der Waals surface area (Å²) in [6.45, 7) is 0. The van der Waals surface area contributed by atoms with Crippen molar-refractivity contribution in [2.75, 3.05) is 14.2 Å². The molecule has 6 nitrogen and oxygen atoms in total. The van der Waals surface area contributed by atoms with Gasteiger partial charge in [0, 0.05) is 11.1 Å². The van der Waals surface area contributed by atoms with Crippen molar-refractivity contribution in [3.63, 3.8) is 0 Å². The molecular weight excluding hydrogens is 322 g/mol. The summed E-state index contributed by atoms with van der Waals surface area (Å²) in [5.41, 5.74) is -0.0321. The van der Waals surface area contributed by atoms with Crippen molar-refractivity contribution < 1.29 is 13.9 Å². The molecule has 0 N–H and O–H groups in total. The topological polar surface area (TPSA) is 70.7 Å². The monoisotopic (exact) mass is 333 g/mol. The number of aromatic nitrogens is 1. The van der Waals surface area contributed by atoms with Crippen molar-refractivity contribution in [2.24, 2.45) is 0 Å². The maximum Gasteiger partial charge on any atom is 0.426 e. The minimum Gasteiger partial charge on any atom is -0.493 e. The van der Waals surface area contributed by atoms with Gasteiger partial charge in [0.05, 0.1) is 25.3 Å². The lowest BCUT2D eigenvalue weighted by Crippen LogP contribution is -2.30. The number of rotatable bonds is 3. The number of fused-ring (bicyclic) bond motifs is 1. The molecule has 1 aromatic heterocycles. The molecule has 0 bridgehead atoms. The number of nitrogens with zero attached hydrogens (tertiary/aromatic N) is 1. The normalized spacial score (nSPS) is 10.7. The Morgan fingerprint density at radius 1 is 1.00 bits per heavy atom. The first-order chi connectivity index (χ1) is 11.0. The average molecular weight is 334 g/mol. The van der Waals surface area contributed by atoms with Crippen LogP contribution in [0.4, 0.5) is 0 Å². The van der Waals surface area contributed by atoms with Crippen molar-refractivity contribution in [3.8, 4) is 17.2 Å². The van der Waals surface area contributed by atoms with Crippen molar-refractivity contribution in [1.29, 1.82) is 0 Å². The third-order valence-electron chi connectivity index (χ3n) is 3.38. The summed E-state index contributed by atoms with van der Waals surface area (Å²) >= 11 is 5.91. The van der Waals surface area contributed by atoms with E-state index in [9.17, 15) is 9.59 Å². The highest BCUT2D eigenvalue weighted by molar-refractivity contribution is 6.31. The van der Waals surface area contributed by atoms with E-state index in [0.717, 1.165) is 4.57 Å². The van der Waals surface area contributed by atoms with Crippen LogP contribution in [0, 0.1) is 0 Å². The van der Waals surface area contributed by atoms with Crippen molar-refractivity contribution in [2.45, 2.75) is 0 Å². The third kappa shape index (κ3) is 2.57. The van der Waals surface area contributed by atoms with Gasteiger partial charge >= 0.3 is 5.76 Å². The second-order valence-corrected chi connectivity index (χ2v) is 5.12. The number of hydrogen-bond donors (Lipinski definition) is 0. The highest BCUT2D eigenvalue weighted by Gasteiger charge is 2.14. The van der Waals surface area contributed by atoms with Crippen molar-refractivity contribution in [1.82, 2.24) is 4.57 Å². The molecule has 0 spiro atoms. The molecular formula is C16H12ClNO5. The van der Waals surface area contributed by atoms with E-state index in [4.69, 9.17) is 25.5 Å². The standard InChI is InChI=1S/C16H12ClNO5/c1-21-13-6-4-10(8-14(13)22-2)18-15(19)11-7-9(17)3-5-12(11)23-16(18)20/h3-8H,1-2H3. The summed E-state index contributed by atoms with van der Waals surface area (Å²) in [6.07, 6.45) is 0. The molecule has 0 saturated carbocycles. The molecule has 118 valence electrons. The number of ether oxygens (including phenoxy) is 2. The predicted octanol–water partition coefficient (Wildman–Crippen LogP) is 2.61. The molecule has 0 aliphatic carbocycles. The van der Waals surface area contributed by atoms with Gasteiger partial charge in [-0.05, 0) is 30.3 Å². The van der Waals surface area contributed by atoms with E-state index in [1.54, 1.807) is 18.2 Å². The van der Waals surface area contributed by atoms with Gasteiger partial charge in [-0.3, -0.25) is 4.79 Å². The molecule has 0 radical (unpaired) electrons. The minimum atomic E-state index is -0.794. The molecule has 7 heteroatoms. The van der Waals surface area contributed by atoms with Gasteiger partial charge in [0.2, 0.25) is 0 Å². The Labute approximate surface area is 135 Å². The summed E-state index contributed by atoms with van der Waals surface area (Å²) < 4.78 is 16.4. The Morgan fingerprint density at radius 3 is 2.43 bits per heavy atom. The van der Waals surface area contributed by atoms with Gasteiger partial charge in [0.25, 0.3) is 5.56 Å². The Morgan fingerprint density at radius 2 is 1.74 bits per heavy atom. The van der Waals surface area contributed by atoms with Crippen LogP contribution >= 0.6 is 11.6 Å². The van der Waals surface area contributed by atoms with Gasteiger partial charge in [-0.15, -0.1) is 0 Å². The largest absolute Gasteiger partial charge is 0.493 e.